The number of carbonyl (C=O) groups excluding carboxylic acids is 6. The molecule has 446 valence electrons. The molecule has 0 radical (unpaired) electrons. The Labute approximate surface area is 498 Å². The van der Waals surface area contributed by atoms with Gasteiger partial charge in [0.15, 0.2) is 39.7 Å². The summed E-state index contributed by atoms with van der Waals surface area (Å²) in [4.78, 5) is 100. The summed E-state index contributed by atoms with van der Waals surface area (Å²) in [6.07, 6.45) is 26.8. The molecule has 3 aliphatic heterocycles. The van der Waals surface area contributed by atoms with E-state index >= 15 is 0 Å². The molecule has 9 aromatic heterocycles. The summed E-state index contributed by atoms with van der Waals surface area (Å²) in [5.41, 5.74) is 4.01. The smallest absolute Gasteiger partial charge is 0.287 e. The molecule has 12 heterocycles. The number of fused-ring (bicyclic) bond motifs is 3. The van der Waals surface area contributed by atoms with Gasteiger partial charge in [0.2, 0.25) is 0 Å². The molecular formula is C63H65N15O9. The Hall–Kier alpha value is -9.74. The van der Waals surface area contributed by atoms with E-state index in [1.54, 1.807) is 103 Å². The van der Waals surface area contributed by atoms with Crippen LogP contribution < -0.4 is 16.0 Å². The van der Waals surface area contributed by atoms with Gasteiger partial charge in [-0.15, -0.1) is 5.10 Å². The summed E-state index contributed by atoms with van der Waals surface area (Å²) >= 11 is 0. The van der Waals surface area contributed by atoms with E-state index in [2.05, 4.69) is 56.2 Å². The largest absolute Gasteiger partial charge is 0.449 e. The van der Waals surface area contributed by atoms with Crippen LogP contribution in [0.3, 0.4) is 0 Å². The fraction of sp³-hybridized carbons (Fsp3) is 0.397. The van der Waals surface area contributed by atoms with Crippen molar-refractivity contribution in [3.05, 3.63) is 157 Å². The number of nitrogens with zero attached hydrogens (tertiary/aromatic N) is 12. The number of aryl methyl sites for hydroxylation is 1. The minimum atomic E-state index is -0.196. The molecule has 3 saturated heterocycles. The van der Waals surface area contributed by atoms with Crippen LogP contribution in [0, 0.1) is 34.0 Å². The number of likely N-dealkylation sites (tertiary alicyclic amines) is 3. The van der Waals surface area contributed by atoms with Crippen LogP contribution in [0.1, 0.15) is 121 Å². The molecule has 24 heteroatoms. The topological polar surface area (TPSA) is 296 Å². The van der Waals surface area contributed by atoms with Gasteiger partial charge >= 0.3 is 0 Å². The maximum atomic E-state index is 12.6. The van der Waals surface area contributed by atoms with Crippen LogP contribution in [0.4, 0.5) is 0 Å². The Morgan fingerprint density at radius 2 is 0.897 bits per heavy atom. The lowest BCUT2D eigenvalue weighted by Crippen LogP contribution is -2.40. The highest BCUT2D eigenvalue weighted by Gasteiger charge is 2.57. The van der Waals surface area contributed by atoms with Gasteiger partial charge in [-0.2, -0.15) is 10.2 Å². The van der Waals surface area contributed by atoms with E-state index in [1.807, 2.05) is 39.9 Å². The summed E-state index contributed by atoms with van der Waals surface area (Å²) < 4.78 is 18.4. The Morgan fingerprint density at radius 3 is 1.26 bits per heavy atom. The number of piperidine rings is 3. The SMILES string of the molecule is Cn1ccc(C(=O)N2CCC3(CC2)CC3CNC(=O)c2cc3ccncc3o2)n1.O=C(NCC1CC12CCN(C(=O)c1cccnn1)CC2)c1cc2ccncc2o1.O=C(NCC1CC12CCN(C(=O)c1cncnc1)CC2)c1cc2ccncc2o1. The highest BCUT2D eigenvalue weighted by Crippen LogP contribution is 2.61. The molecule has 24 nitrogen and oxygen atoms in total. The van der Waals surface area contributed by atoms with Gasteiger partial charge in [0, 0.05) is 125 Å². The Bertz CT molecular complexity index is 3740. The maximum absolute atomic E-state index is 12.6. The Morgan fingerprint density at radius 1 is 0.494 bits per heavy atom. The molecule has 9 aromatic rings. The van der Waals surface area contributed by atoms with Crippen molar-refractivity contribution in [3.63, 3.8) is 0 Å². The van der Waals surface area contributed by atoms with Crippen molar-refractivity contribution >= 4 is 68.4 Å². The van der Waals surface area contributed by atoms with E-state index < -0.39 is 0 Å². The lowest BCUT2D eigenvalue weighted by molar-refractivity contribution is 0.0653. The second-order valence-corrected chi connectivity index (χ2v) is 24.0. The number of aromatic nitrogens is 9. The molecule has 3 N–H and O–H groups in total. The van der Waals surface area contributed by atoms with E-state index in [0.29, 0.717) is 88.4 Å². The van der Waals surface area contributed by atoms with Crippen LogP contribution in [0.5, 0.6) is 0 Å². The molecule has 3 aliphatic carbocycles. The minimum Gasteiger partial charge on any atom is -0.449 e. The van der Waals surface area contributed by atoms with E-state index in [4.69, 9.17) is 13.3 Å². The van der Waals surface area contributed by atoms with Gasteiger partial charge in [-0.3, -0.25) is 48.4 Å². The van der Waals surface area contributed by atoms with Crippen molar-refractivity contribution in [3.8, 4) is 0 Å². The zero-order chi connectivity index (χ0) is 59.7. The highest BCUT2D eigenvalue weighted by molar-refractivity contribution is 5.98. The number of hydrogen-bond acceptors (Lipinski definition) is 17. The molecule has 6 fully saturated rings. The quantitative estimate of drug-likeness (QED) is 0.113. The van der Waals surface area contributed by atoms with Crippen molar-refractivity contribution in [1.82, 2.24) is 75.5 Å². The molecule has 0 aromatic carbocycles. The normalized spacial score (nSPS) is 20.1. The predicted octanol–water partition coefficient (Wildman–Crippen LogP) is 6.81. The predicted molar refractivity (Wildman–Crippen MR) is 313 cm³/mol. The van der Waals surface area contributed by atoms with Gasteiger partial charge in [-0.05, 0) is 146 Å². The third-order valence-electron chi connectivity index (χ3n) is 18.9. The van der Waals surface area contributed by atoms with Crippen LogP contribution in [0.25, 0.3) is 32.9 Å². The molecule has 6 aliphatic rings. The van der Waals surface area contributed by atoms with Gasteiger partial charge in [-0.1, -0.05) is 0 Å². The van der Waals surface area contributed by atoms with Gasteiger partial charge in [-0.25, -0.2) is 9.97 Å². The number of pyridine rings is 3. The molecule has 3 saturated carbocycles. The highest BCUT2D eigenvalue weighted by atomic mass is 16.4. The Kier molecular flexibility index (Phi) is 15.3. The van der Waals surface area contributed by atoms with Crippen LogP contribution in [0.15, 0.2) is 136 Å². The zero-order valence-electron chi connectivity index (χ0n) is 48.0. The van der Waals surface area contributed by atoms with Crippen molar-refractivity contribution in [2.75, 3.05) is 58.9 Å². The summed E-state index contributed by atoms with van der Waals surface area (Å²) in [5, 5.41) is 23.5. The summed E-state index contributed by atoms with van der Waals surface area (Å²) in [6, 6.07) is 15.9. The molecule has 3 atom stereocenters. The summed E-state index contributed by atoms with van der Waals surface area (Å²) in [5.74, 6) is 1.67. The first-order valence-corrected chi connectivity index (χ1v) is 29.6. The van der Waals surface area contributed by atoms with Gasteiger partial charge in [0.05, 0.1) is 24.2 Å². The second-order valence-electron chi connectivity index (χ2n) is 24.0. The van der Waals surface area contributed by atoms with Crippen molar-refractivity contribution in [1.29, 1.82) is 0 Å². The van der Waals surface area contributed by atoms with Gasteiger partial charge in [0.25, 0.3) is 35.4 Å². The molecule has 87 heavy (non-hydrogen) atoms. The average Bonchev–Trinajstić information content (AvgIpc) is 1.67. The molecule has 0 bridgehead atoms. The first-order chi connectivity index (χ1) is 42.3. The molecule has 3 unspecified atom stereocenters. The van der Waals surface area contributed by atoms with Crippen LogP contribution >= 0.6 is 0 Å². The van der Waals surface area contributed by atoms with E-state index in [0.717, 1.165) is 113 Å². The number of carbonyl (C=O) groups is 6. The molecule has 15 rings (SSSR count). The minimum absolute atomic E-state index is 0.00493. The van der Waals surface area contributed by atoms with Crippen LogP contribution in [0.2, 0.25) is 0 Å². The molecule has 6 amide bonds. The van der Waals surface area contributed by atoms with Crippen molar-refractivity contribution < 1.29 is 42.0 Å². The lowest BCUT2D eigenvalue weighted by atomic mass is 9.90. The number of furan rings is 3. The number of amides is 6. The molecule has 3 spiro atoms. The first kappa shape index (κ1) is 56.4. The first-order valence-electron chi connectivity index (χ1n) is 29.6. The van der Waals surface area contributed by atoms with E-state index in [9.17, 15) is 28.8 Å². The number of rotatable bonds is 12. The standard InChI is InChI=1S/C21H23N5O3.2C21H21N5O3/c1-25-7-3-16(24-25)20(28)26-8-4-21(5-9-26)11-15(21)12-23-19(27)17-10-14-2-6-22-13-18(14)29-17;27-19(17-7-14-1-4-22-12-18(14)29-17)25-11-16-8-21(16)2-5-26(6-3-21)20(28)15-9-23-13-24-10-15;27-19(17-10-14-3-7-22-13-18(14)29-17)23-12-15-11-21(15)4-8-26(9-5-21)20(28)16-2-1-6-24-25-16/h2-3,6-7,10,13,15H,4-5,8-9,11-12H2,1H3,(H,23,27);1,4,7,9-10,12-13,16H,2-3,5-6,8,11H2,(H,25,27);1-3,6-7,10,13,15H,4-5,8-9,11-12H2,(H,23,27). The third kappa shape index (κ3) is 12.1. The van der Waals surface area contributed by atoms with Crippen molar-refractivity contribution in [2.45, 2.75) is 57.8 Å². The van der Waals surface area contributed by atoms with Crippen molar-refractivity contribution in [2.24, 2.45) is 41.0 Å². The van der Waals surface area contributed by atoms with Gasteiger partial charge in [0.1, 0.15) is 12.0 Å². The summed E-state index contributed by atoms with van der Waals surface area (Å²) in [7, 11) is 1.81. The molecular weight excluding hydrogens is 1110 g/mol. The summed E-state index contributed by atoms with van der Waals surface area (Å²) in [6.45, 7) is 6.30. The maximum Gasteiger partial charge on any atom is 0.287 e. The fourth-order valence-electron chi connectivity index (χ4n) is 13.2. The monoisotopic (exact) mass is 1180 g/mol. The van der Waals surface area contributed by atoms with Gasteiger partial charge < -0.3 is 43.9 Å². The van der Waals surface area contributed by atoms with E-state index in [1.165, 1.54) is 6.33 Å². The third-order valence-corrected chi connectivity index (χ3v) is 18.9. The zero-order valence-corrected chi connectivity index (χ0v) is 48.0. The number of hydrogen-bond donors (Lipinski definition) is 3. The van der Waals surface area contributed by atoms with E-state index in [-0.39, 0.29) is 51.7 Å². The fourth-order valence-corrected chi connectivity index (χ4v) is 13.2. The Balaban J connectivity index is 0.000000121. The second kappa shape index (κ2) is 23.6. The number of nitrogens with one attached hydrogen (secondary N) is 3. The average molecular weight is 1180 g/mol. The lowest BCUT2D eigenvalue weighted by Gasteiger charge is -2.33. The van der Waals surface area contributed by atoms with Crippen LogP contribution in [-0.2, 0) is 7.05 Å². The van der Waals surface area contributed by atoms with Crippen LogP contribution in [-0.4, -0.2) is 154 Å².